The van der Waals surface area contributed by atoms with Crippen LogP contribution < -0.4 is 22.9 Å². The lowest BCUT2D eigenvalue weighted by Crippen LogP contribution is -2.01. The van der Waals surface area contributed by atoms with Gasteiger partial charge in [0.05, 0.1) is 0 Å². The standard InChI is InChI=1S/C13H16N4/c14-10-1-3-12(16)8(6-10)5-9-7-11(15)2-4-13(9)17/h1-4,6-7H,5,14-17H2. The summed E-state index contributed by atoms with van der Waals surface area (Å²) in [6, 6.07) is 10.9. The van der Waals surface area contributed by atoms with Gasteiger partial charge in [0.15, 0.2) is 0 Å². The highest BCUT2D eigenvalue weighted by Crippen LogP contribution is 2.23. The summed E-state index contributed by atoms with van der Waals surface area (Å²) in [6.45, 7) is 0. The smallest absolute Gasteiger partial charge is 0.0351 e. The lowest BCUT2D eigenvalue weighted by Gasteiger charge is -2.10. The zero-order valence-electron chi connectivity index (χ0n) is 9.48. The number of hydrogen-bond donors (Lipinski definition) is 4. The molecular weight excluding hydrogens is 212 g/mol. The van der Waals surface area contributed by atoms with E-state index in [2.05, 4.69) is 0 Å². The Labute approximate surface area is 100 Å². The number of benzene rings is 2. The van der Waals surface area contributed by atoms with Crippen LogP contribution in [0.3, 0.4) is 0 Å². The largest absolute Gasteiger partial charge is 0.399 e. The average Bonchev–Trinajstić information content (AvgIpc) is 2.28. The van der Waals surface area contributed by atoms with Crippen molar-refractivity contribution in [2.75, 3.05) is 22.9 Å². The molecule has 0 saturated heterocycles. The van der Waals surface area contributed by atoms with E-state index in [1.807, 2.05) is 12.1 Å². The van der Waals surface area contributed by atoms with Crippen molar-refractivity contribution >= 4 is 22.7 Å². The molecule has 0 saturated carbocycles. The molecule has 2 aromatic carbocycles. The van der Waals surface area contributed by atoms with Gasteiger partial charge in [-0.3, -0.25) is 0 Å². The summed E-state index contributed by atoms with van der Waals surface area (Å²) in [4.78, 5) is 0. The van der Waals surface area contributed by atoms with Crippen molar-refractivity contribution in [2.45, 2.75) is 6.42 Å². The third-order valence-corrected chi connectivity index (χ3v) is 2.71. The molecule has 0 unspecified atom stereocenters. The molecule has 4 nitrogen and oxygen atoms in total. The topological polar surface area (TPSA) is 104 Å². The van der Waals surface area contributed by atoms with Crippen molar-refractivity contribution in [2.24, 2.45) is 0 Å². The van der Waals surface area contributed by atoms with E-state index in [1.54, 1.807) is 24.3 Å². The van der Waals surface area contributed by atoms with Crippen molar-refractivity contribution in [3.05, 3.63) is 47.5 Å². The fraction of sp³-hybridized carbons (Fsp3) is 0.0769. The molecule has 88 valence electrons. The van der Waals surface area contributed by atoms with Gasteiger partial charge in [-0.1, -0.05) is 0 Å². The average molecular weight is 228 g/mol. The lowest BCUT2D eigenvalue weighted by atomic mass is 10.0. The van der Waals surface area contributed by atoms with Crippen molar-refractivity contribution in [3.8, 4) is 0 Å². The Kier molecular flexibility index (Phi) is 2.78. The van der Waals surface area contributed by atoms with E-state index in [9.17, 15) is 0 Å². The van der Waals surface area contributed by atoms with E-state index in [-0.39, 0.29) is 0 Å². The van der Waals surface area contributed by atoms with Crippen molar-refractivity contribution in [1.82, 2.24) is 0 Å². The highest BCUT2D eigenvalue weighted by Gasteiger charge is 2.05. The third kappa shape index (κ3) is 2.42. The Morgan fingerprint density at radius 2 is 1.06 bits per heavy atom. The normalized spacial score (nSPS) is 10.4. The molecule has 0 bridgehead atoms. The van der Waals surface area contributed by atoms with Crippen LogP contribution in [0.15, 0.2) is 36.4 Å². The van der Waals surface area contributed by atoms with E-state index in [4.69, 9.17) is 22.9 Å². The first-order chi connectivity index (χ1) is 8.06. The van der Waals surface area contributed by atoms with Crippen LogP contribution in [0.4, 0.5) is 22.7 Å². The predicted molar refractivity (Wildman–Crippen MR) is 73.3 cm³/mol. The third-order valence-electron chi connectivity index (χ3n) is 2.71. The Balaban J connectivity index is 2.37. The summed E-state index contributed by atoms with van der Waals surface area (Å²) in [5, 5.41) is 0. The first kappa shape index (κ1) is 11.1. The van der Waals surface area contributed by atoms with Crippen molar-refractivity contribution in [3.63, 3.8) is 0 Å². The highest BCUT2D eigenvalue weighted by molar-refractivity contribution is 5.61. The van der Waals surface area contributed by atoms with Crippen LogP contribution in [0.5, 0.6) is 0 Å². The molecule has 0 amide bonds. The van der Waals surface area contributed by atoms with Gasteiger partial charge in [-0.15, -0.1) is 0 Å². The lowest BCUT2D eigenvalue weighted by molar-refractivity contribution is 1.20. The summed E-state index contributed by atoms with van der Waals surface area (Å²) in [7, 11) is 0. The molecule has 8 N–H and O–H groups in total. The van der Waals surface area contributed by atoms with Crippen LogP contribution in [0.2, 0.25) is 0 Å². The maximum absolute atomic E-state index is 5.90. The first-order valence-electron chi connectivity index (χ1n) is 5.34. The quantitative estimate of drug-likeness (QED) is 0.586. The Bertz CT molecular complexity index is 500. The molecule has 0 aliphatic rings. The van der Waals surface area contributed by atoms with E-state index in [0.717, 1.165) is 11.1 Å². The number of hydrogen-bond acceptors (Lipinski definition) is 4. The zero-order valence-corrected chi connectivity index (χ0v) is 9.48. The predicted octanol–water partition coefficient (Wildman–Crippen LogP) is 1.61. The van der Waals surface area contributed by atoms with Crippen LogP contribution >= 0.6 is 0 Å². The fourth-order valence-electron chi connectivity index (χ4n) is 1.76. The van der Waals surface area contributed by atoms with Crippen LogP contribution in [-0.4, -0.2) is 0 Å². The van der Waals surface area contributed by atoms with Crippen LogP contribution in [-0.2, 0) is 6.42 Å². The fourth-order valence-corrected chi connectivity index (χ4v) is 1.76. The van der Waals surface area contributed by atoms with Crippen LogP contribution in [0.25, 0.3) is 0 Å². The van der Waals surface area contributed by atoms with Gasteiger partial charge in [0, 0.05) is 29.2 Å². The molecule has 0 atom stereocenters. The van der Waals surface area contributed by atoms with E-state index < -0.39 is 0 Å². The Morgan fingerprint density at radius 1 is 0.647 bits per heavy atom. The van der Waals surface area contributed by atoms with Gasteiger partial charge in [-0.2, -0.15) is 0 Å². The second-order valence-corrected chi connectivity index (χ2v) is 4.09. The maximum atomic E-state index is 5.90. The number of anilines is 4. The molecule has 0 fully saturated rings. The number of rotatable bonds is 2. The van der Waals surface area contributed by atoms with Gasteiger partial charge in [0.2, 0.25) is 0 Å². The number of nitrogen functional groups attached to an aromatic ring is 4. The highest BCUT2D eigenvalue weighted by atomic mass is 14.6. The van der Waals surface area contributed by atoms with E-state index >= 15 is 0 Å². The maximum Gasteiger partial charge on any atom is 0.0351 e. The van der Waals surface area contributed by atoms with Crippen LogP contribution in [0.1, 0.15) is 11.1 Å². The van der Waals surface area contributed by atoms with Crippen molar-refractivity contribution in [1.29, 1.82) is 0 Å². The molecular formula is C13H16N4. The SMILES string of the molecule is Nc1ccc(N)c(Cc2cc(N)ccc2N)c1. The van der Waals surface area contributed by atoms with E-state index in [0.29, 0.717) is 29.2 Å². The molecule has 4 heteroatoms. The van der Waals surface area contributed by atoms with Gasteiger partial charge in [0.25, 0.3) is 0 Å². The molecule has 2 rings (SSSR count). The molecule has 0 aliphatic carbocycles. The zero-order chi connectivity index (χ0) is 12.4. The van der Waals surface area contributed by atoms with Crippen molar-refractivity contribution < 1.29 is 0 Å². The minimum absolute atomic E-state index is 0.633. The van der Waals surface area contributed by atoms with E-state index in [1.165, 1.54) is 0 Å². The molecule has 0 aromatic heterocycles. The Morgan fingerprint density at radius 3 is 1.47 bits per heavy atom. The Hall–Kier alpha value is -2.36. The molecule has 17 heavy (non-hydrogen) atoms. The monoisotopic (exact) mass is 228 g/mol. The number of nitrogens with two attached hydrogens (primary N) is 4. The van der Waals surface area contributed by atoms with Gasteiger partial charge in [0.1, 0.15) is 0 Å². The van der Waals surface area contributed by atoms with Gasteiger partial charge < -0.3 is 22.9 Å². The summed E-state index contributed by atoms with van der Waals surface area (Å²) in [6.07, 6.45) is 0.633. The molecule has 0 aliphatic heterocycles. The summed E-state index contributed by atoms with van der Waals surface area (Å²) >= 11 is 0. The second-order valence-electron chi connectivity index (χ2n) is 4.09. The first-order valence-corrected chi connectivity index (χ1v) is 5.34. The summed E-state index contributed by atoms with van der Waals surface area (Å²) in [5.41, 5.74) is 28.0. The van der Waals surface area contributed by atoms with Crippen LogP contribution in [0, 0.1) is 0 Å². The summed E-state index contributed by atoms with van der Waals surface area (Å²) in [5.74, 6) is 0. The summed E-state index contributed by atoms with van der Waals surface area (Å²) < 4.78 is 0. The minimum atomic E-state index is 0.633. The molecule has 0 spiro atoms. The second kappa shape index (κ2) is 4.25. The molecule has 2 aromatic rings. The minimum Gasteiger partial charge on any atom is -0.399 e. The van der Waals surface area contributed by atoms with Gasteiger partial charge in [-0.25, -0.2) is 0 Å². The van der Waals surface area contributed by atoms with Gasteiger partial charge >= 0.3 is 0 Å². The molecule has 0 radical (unpaired) electrons. The van der Waals surface area contributed by atoms with Gasteiger partial charge in [-0.05, 0) is 47.5 Å². The molecule has 0 heterocycles.